The molecule has 0 aliphatic heterocycles. The van der Waals surface area contributed by atoms with E-state index < -0.39 is 30.8 Å². The molecule has 0 aliphatic carbocycles. The molecule has 0 saturated carbocycles. The molecular formula is C14H18F2N2O3. The Kier molecular flexibility index (Phi) is 5.34. The third-order valence-corrected chi connectivity index (χ3v) is 2.88. The highest BCUT2D eigenvalue weighted by atomic mass is 19.3. The number of nitrogens with one attached hydrogen (secondary N) is 1. The van der Waals surface area contributed by atoms with Crippen LogP contribution in [-0.2, 0) is 10.2 Å². The zero-order chi connectivity index (χ0) is 16.2. The molecule has 7 heteroatoms. The number of carboxylic acids is 1. The summed E-state index contributed by atoms with van der Waals surface area (Å²) < 4.78 is 24.5. The molecule has 1 amide bonds. The molecule has 1 rings (SSSR count). The van der Waals surface area contributed by atoms with Crippen molar-refractivity contribution in [3.63, 3.8) is 0 Å². The van der Waals surface area contributed by atoms with Crippen molar-refractivity contribution in [1.29, 1.82) is 0 Å². The normalized spacial score (nSPS) is 13.0. The van der Waals surface area contributed by atoms with Crippen LogP contribution in [0.4, 0.5) is 8.78 Å². The molecule has 1 heterocycles. The van der Waals surface area contributed by atoms with Gasteiger partial charge < -0.3 is 10.4 Å². The van der Waals surface area contributed by atoms with Crippen molar-refractivity contribution in [3.05, 3.63) is 29.6 Å². The molecule has 0 aromatic carbocycles. The molecule has 0 spiro atoms. The maximum Gasteiger partial charge on any atom is 0.326 e. The number of carbonyl (C=O) groups excluding carboxylic acids is 1. The summed E-state index contributed by atoms with van der Waals surface area (Å²) >= 11 is 0. The average Bonchev–Trinajstić information content (AvgIpc) is 2.36. The van der Waals surface area contributed by atoms with Gasteiger partial charge in [0.05, 0.1) is 0 Å². The lowest BCUT2D eigenvalue weighted by Crippen LogP contribution is -2.42. The molecule has 116 valence electrons. The van der Waals surface area contributed by atoms with Gasteiger partial charge in [-0.1, -0.05) is 26.8 Å². The fraction of sp³-hybridized carbons (Fsp3) is 0.500. The summed E-state index contributed by atoms with van der Waals surface area (Å²) in [6, 6.07) is 1.50. The third kappa shape index (κ3) is 5.09. The Balaban J connectivity index is 2.81. The lowest BCUT2D eigenvalue weighted by Gasteiger charge is -2.18. The Morgan fingerprint density at radius 2 is 1.95 bits per heavy atom. The summed E-state index contributed by atoms with van der Waals surface area (Å²) in [6.07, 6.45) is -2.25. The minimum absolute atomic E-state index is 0.0106. The number of carboxylic acid groups (broad SMARTS) is 1. The van der Waals surface area contributed by atoms with Gasteiger partial charge in [0, 0.05) is 12.6 Å². The van der Waals surface area contributed by atoms with E-state index in [2.05, 4.69) is 4.98 Å². The summed E-state index contributed by atoms with van der Waals surface area (Å²) in [5.41, 5.74) is 0.756. The summed E-state index contributed by atoms with van der Waals surface area (Å²) in [5, 5.41) is 10.8. The number of pyridine rings is 1. The van der Waals surface area contributed by atoms with Crippen LogP contribution in [-0.4, -0.2) is 34.4 Å². The molecule has 5 nitrogen and oxygen atoms in total. The van der Waals surface area contributed by atoms with Crippen LogP contribution in [0.25, 0.3) is 0 Å². The molecule has 0 aliphatic rings. The molecule has 1 atom stereocenters. The second-order valence-electron chi connectivity index (χ2n) is 5.67. The first-order chi connectivity index (χ1) is 9.61. The number of hydrogen-bond acceptors (Lipinski definition) is 3. The van der Waals surface area contributed by atoms with E-state index in [1.165, 1.54) is 12.3 Å². The van der Waals surface area contributed by atoms with Crippen LogP contribution in [0, 0.1) is 0 Å². The van der Waals surface area contributed by atoms with Crippen LogP contribution < -0.4 is 5.32 Å². The number of aromatic nitrogens is 1. The van der Waals surface area contributed by atoms with Gasteiger partial charge in [-0.15, -0.1) is 0 Å². The molecule has 0 fully saturated rings. The monoisotopic (exact) mass is 300 g/mol. The average molecular weight is 300 g/mol. The standard InChI is InChI=1S/C14H18F2N2O3/c1-14(2,3)8-4-5-9(17-7-8)12(19)18-10(13(20)21)6-11(15)16/h4-5,7,10-11H,6H2,1-3H3,(H,18,19)(H,20,21). The van der Waals surface area contributed by atoms with Gasteiger partial charge in [0.2, 0.25) is 6.43 Å². The topological polar surface area (TPSA) is 79.3 Å². The predicted molar refractivity (Wildman–Crippen MR) is 72.4 cm³/mol. The van der Waals surface area contributed by atoms with Crippen LogP contribution in [0.15, 0.2) is 18.3 Å². The molecule has 0 bridgehead atoms. The summed E-state index contributed by atoms with van der Waals surface area (Å²) in [7, 11) is 0. The van der Waals surface area contributed by atoms with Gasteiger partial charge in [-0.25, -0.2) is 13.6 Å². The number of carbonyl (C=O) groups is 2. The van der Waals surface area contributed by atoms with E-state index in [1.54, 1.807) is 6.07 Å². The van der Waals surface area contributed by atoms with E-state index in [4.69, 9.17) is 5.11 Å². The highest BCUT2D eigenvalue weighted by molar-refractivity contribution is 5.94. The number of hydrogen-bond donors (Lipinski definition) is 2. The van der Waals surface area contributed by atoms with Crippen LogP contribution in [0.5, 0.6) is 0 Å². The van der Waals surface area contributed by atoms with Crippen molar-refractivity contribution in [3.8, 4) is 0 Å². The van der Waals surface area contributed by atoms with Gasteiger partial charge in [-0.05, 0) is 17.0 Å². The van der Waals surface area contributed by atoms with E-state index >= 15 is 0 Å². The third-order valence-electron chi connectivity index (χ3n) is 2.88. The van der Waals surface area contributed by atoms with Crippen molar-refractivity contribution < 1.29 is 23.5 Å². The zero-order valence-electron chi connectivity index (χ0n) is 12.1. The Bertz CT molecular complexity index is 510. The minimum Gasteiger partial charge on any atom is -0.480 e. The molecule has 21 heavy (non-hydrogen) atoms. The van der Waals surface area contributed by atoms with Crippen LogP contribution in [0.2, 0.25) is 0 Å². The first-order valence-electron chi connectivity index (χ1n) is 6.39. The van der Waals surface area contributed by atoms with E-state index in [-0.39, 0.29) is 11.1 Å². The Morgan fingerprint density at radius 3 is 2.33 bits per heavy atom. The number of halogens is 2. The van der Waals surface area contributed by atoms with Crippen molar-refractivity contribution >= 4 is 11.9 Å². The van der Waals surface area contributed by atoms with E-state index in [0.29, 0.717) is 0 Å². The zero-order valence-corrected chi connectivity index (χ0v) is 12.1. The van der Waals surface area contributed by atoms with Crippen molar-refractivity contribution in [1.82, 2.24) is 10.3 Å². The quantitative estimate of drug-likeness (QED) is 0.874. The number of nitrogens with zero attached hydrogens (tertiary/aromatic N) is 1. The molecule has 0 radical (unpaired) electrons. The van der Waals surface area contributed by atoms with Gasteiger partial charge in [-0.2, -0.15) is 0 Å². The molecule has 0 saturated heterocycles. The minimum atomic E-state index is -2.82. The lowest BCUT2D eigenvalue weighted by molar-refractivity contribution is -0.140. The first-order valence-corrected chi connectivity index (χ1v) is 6.39. The van der Waals surface area contributed by atoms with Gasteiger partial charge in [0.15, 0.2) is 0 Å². The van der Waals surface area contributed by atoms with Gasteiger partial charge in [0.1, 0.15) is 11.7 Å². The number of aliphatic carboxylic acids is 1. The lowest BCUT2D eigenvalue weighted by atomic mass is 9.88. The summed E-state index contributed by atoms with van der Waals surface area (Å²) in [4.78, 5) is 26.6. The van der Waals surface area contributed by atoms with Gasteiger partial charge >= 0.3 is 5.97 Å². The van der Waals surface area contributed by atoms with Gasteiger partial charge in [-0.3, -0.25) is 9.78 Å². The van der Waals surface area contributed by atoms with Crippen molar-refractivity contribution in [2.45, 2.75) is 45.1 Å². The smallest absolute Gasteiger partial charge is 0.326 e. The SMILES string of the molecule is CC(C)(C)c1ccc(C(=O)NC(CC(F)F)C(=O)O)nc1. The van der Waals surface area contributed by atoms with E-state index in [1.807, 2.05) is 26.1 Å². The molecular weight excluding hydrogens is 282 g/mol. The highest BCUT2D eigenvalue weighted by Gasteiger charge is 2.25. The Morgan fingerprint density at radius 1 is 1.33 bits per heavy atom. The largest absolute Gasteiger partial charge is 0.480 e. The van der Waals surface area contributed by atoms with Crippen LogP contribution in [0.3, 0.4) is 0 Å². The number of amides is 1. The maximum atomic E-state index is 12.3. The Labute approximate surface area is 121 Å². The molecule has 1 aromatic rings. The molecule has 2 N–H and O–H groups in total. The summed E-state index contributed by atoms with van der Waals surface area (Å²) in [6.45, 7) is 5.94. The number of rotatable bonds is 5. The van der Waals surface area contributed by atoms with E-state index in [0.717, 1.165) is 5.56 Å². The number of alkyl halides is 2. The second kappa shape index (κ2) is 6.60. The van der Waals surface area contributed by atoms with Crippen LogP contribution in [0.1, 0.15) is 43.2 Å². The fourth-order valence-corrected chi connectivity index (χ4v) is 1.60. The van der Waals surface area contributed by atoms with Crippen molar-refractivity contribution in [2.75, 3.05) is 0 Å². The summed E-state index contributed by atoms with van der Waals surface area (Å²) in [5.74, 6) is -2.29. The highest BCUT2D eigenvalue weighted by Crippen LogP contribution is 2.21. The van der Waals surface area contributed by atoms with Crippen molar-refractivity contribution in [2.24, 2.45) is 0 Å². The van der Waals surface area contributed by atoms with E-state index in [9.17, 15) is 18.4 Å². The predicted octanol–water partition coefficient (Wildman–Crippen LogP) is 2.22. The fourth-order valence-electron chi connectivity index (χ4n) is 1.60. The van der Waals surface area contributed by atoms with Crippen LogP contribution >= 0.6 is 0 Å². The molecule has 1 aromatic heterocycles. The first kappa shape index (κ1) is 17.0. The molecule has 1 unspecified atom stereocenters. The Hall–Kier alpha value is -2.05. The van der Waals surface area contributed by atoms with Gasteiger partial charge in [0.25, 0.3) is 5.91 Å². The maximum absolute atomic E-state index is 12.3. The second-order valence-corrected chi connectivity index (χ2v) is 5.67.